The predicted octanol–water partition coefficient (Wildman–Crippen LogP) is 6.31. The van der Waals surface area contributed by atoms with Crippen LogP contribution in [0.4, 0.5) is 0 Å². The molecule has 0 fully saturated rings. The summed E-state index contributed by atoms with van der Waals surface area (Å²) >= 11 is 0. The van der Waals surface area contributed by atoms with Crippen molar-refractivity contribution in [3.05, 3.63) is 73.1 Å². The molecule has 0 aliphatic heterocycles. The van der Waals surface area contributed by atoms with Crippen LogP contribution in [0, 0.1) is 0 Å². The van der Waals surface area contributed by atoms with E-state index in [0.29, 0.717) is 0 Å². The number of benzene rings is 2. The van der Waals surface area contributed by atoms with Crippen LogP contribution >= 0.6 is 0 Å². The smallest absolute Gasteiger partial charge is 0.198 e. The van der Waals surface area contributed by atoms with Crippen LogP contribution < -0.4 is 0 Å². The van der Waals surface area contributed by atoms with Crippen molar-refractivity contribution >= 4 is 16.6 Å². The van der Waals surface area contributed by atoms with Gasteiger partial charge in [0.15, 0.2) is 16.6 Å². The van der Waals surface area contributed by atoms with E-state index in [1.54, 1.807) is 0 Å². The highest BCUT2D eigenvalue weighted by Crippen LogP contribution is 2.37. The summed E-state index contributed by atoms with van der Waals surface area (Å²) in [4.78, 5) is 0. The summed E-state index contributed by atoms with van der Waals surface area (Å²) in [5.74, 6) is 0. The monoisotopic (exact) mass is 504 g/mol. The minimum absolute atomic E-state index is 0.161. The van der Waals surface area contributed by atoms with Gasteiger partial charge in [-0.2, -0.15) is 0 Å². The maximum Gasteiger partial charge on any atom is 0.198 e. The van der Waals surface area contributed by atoms with Crippen LogP contribution in [0.5, 0.6) is 0 Å². The van der Waals surface area contributed by atoms with Crippen LogP contribution in [0.3, 0.4) is 0 Å². The molecule has 4 aromatic rings. The standard InChI is InChI=1S/C26H36N6OSi2/c1-7-25(31-23(19-27-29-31)21-15-11-9-12-16-21)34(3,4)33-35(5,6)26(8-2)32-24(20-28-30-32)22-17-13-10-14-18-22/h9-20,25-26H,7-8H2,1-6H3. The molecule has 0 amide bonds. The third-order valence-electron chi connectivity index (χ3n) is 6.78. The molecule has 7 nitrogen and oxygen atoms in total. The highest BCUT2D eigenvalue weighted by Gasteiger charge is 2.45. The fourth-order valence-corrected chi connectivity index (χ4v) is 15.3. The summed E-state index contributed by atoms with van der Waals surface area (Å²) in [6.07, 6.45) is 5.59. The van der Waals surface area contributed by atoms with Gasteiger partial charge >= 0.3 is 0 Å². The number of hydrogen-bond acceptors (Lipinski definition) is 5. The Morgan fingerprint density at radius 1 is 0.657 bits per heavy atom. The van der Waals surface area contributed by atoms with Crippen LogP contribution in [0.1, 0.15) is 38.0 Å². The van der Waals surface area contributed by atoms with E-state index in [9.17, 15) is 0 Å². The second kappa shape index (κ2) is 10.4. The van der Waals surface area contributed by atoms with E-state index >= 15 is 0 Å². The van der Waals surface area contributed by atoms with E-state index in [1.807, 2.05) is 24.5 Å². The van der Waals surface area contributed by atoms with Crippen molar-refractivity contribution in [2.75, 3.05) is 0 Å². The lowest BCUT2D eigenvalue weighted by Gasteiger charge is -2.42. The average Bonchev–Trinajstić information content (AvgIpc) is 3.50. The molecular weight excluding hydrogens is 468 g/mol. The summed E-state index contributed by atoms with van der Waals surface area (Å²) in [5.41, 5.74) is 4.65. The van der Waals surface area contributed by atoms with Gasteiger partial charge in [0, 0.05) is 11.1 Å². The fraction of sp³-hybridized carbons (Fsp3) is 0.385. The quantitative estimate of drug-likeness (QED) is 0.237. The van der Waals surface area contributed by atoms with Gasteiger partial charge < -0.3 is 4.12 Å². The van der Waals surface area contributed by atoms with Gasteiger partial charge in [-0.1, -0.05) is 84.9 Å². The van der Waals surface area contributed by atoms with Crippen LogP contribution in [0.2, 0.25) is 26.2 Å². The molecule has 2 aromatic carbocycles. The average molecular weight is 505 g/mol. The Morgan fingerprint density at radius 3 is 1.37 bits per heavy atom. The molecule has 0 saturated carbocycles. The SMILES string of the molecule is CCC(n1nncc1-c1ccccc1)[Si](C)(C)O[Si](C)(C)C(CC)n1nncc1-c1ccccc1. The van der Waals surface area contributed by atoms with E-state index < -0.39 is 16.6 Å². The summed E-state index contributed by atoms with van der Waals surface area (Å²) in [5, 5.41) is 17.6. The number of nitrogens with zero attached hydrogens (tertiary/aromatic N) is 6. The molecule has 0 radical (unpaired) electrons. The third kappa shape index (κ3) is 5.21. The molecular formula is C26H36N6OSi2. The molecule has 9 heteroatoms. The first kappa shape index (κ1) is 25.2. The topological polar surface area (TPSA) is 70.7 Å². The van der Waals surface area contributed by atoms with Gasteiger partial charge in [0.25, 0.3) is 0 Å². The number of aromatic nitrogens is 6. The summed E-state index contributed by atoms with van der Waals surface area (Å²) in [6, 6.07) is 20.7. The van der Waals surface area contributed by atoms with E-state index in [0.717, 1.165) is 35.4 Å². The Balaban J connectivity index is 1.65. The minimum Gasteiger partial charge on any atom is -0.453 e. The Morgan fingerprint density at radius 2 is 1.03 bits per heavy atom. The zero-order valence-corrected chi connectivity index (χ0v) is 23.6. The highest BCUT2D eigenvalue weighted by atomic mass is 28.4. The largest absolute Gasteiger partial charge is 0.453 e. The van der Waals surface area contributed by atoms with Crippen molar-refractivity contribution in [3.8, 4) is 22.5 Å². The molecule has 0 N–H and O–H groups in total. The van der Waals surface area contributed by atoms with E-state index in [2.05, 4.69) is 119 Å². The zero-order valence-electron chi connectivity index (χ0n) is 21.6. The number of rotatable bonds is 10. The van der Waals surface area contributed by atoms with Gasteiger partial charge in [0.1, 0.15) is 0 Å². The lowest BCUT2D eigenvalue weighted by Crippen LogP contribution is -2.54. The lowest BCUT2D eigenvalue weighted by atomic mass is 10.2. The van der Waals surface area contributed by atoms with Crippen molar-refractivity contribution in [2.45, 2.75) is 64.2 Å². The second-order valence-electron chi connectivity index (χ2n) is 10.0. The van der Waals surface area contributed by atoms with Gasteiger partial charge in [-0.05, 0) is 39.0 Å². The lowest BCUT2D eigenvalue weighted by molar-refractivity contribution is 0.409. The van der Waals surface area contributed by atoms with Gasteiger partial charge in [-0.15, -0.1) is 10.2 Å². The normalized spacial score (nSPS) is 14.1. The summed E-state index contributed by atoms with van der Waals surface area (Å²) in [6.45, 7) is 13.7. The maximum absolute atomic E-state index is 7.26. The zero-order chi connectivity index (χ0) is 25.1. The fourth-order valence-electron chi connectivity index (χ4n) is 5.31. The molecule has 4 rings (SSSR count). The second-order valence-corrected chi connectivity index (χ2v) is 18.6. The Kier molecular flexibility index (Phi) is 7.48. The van der Waals surface area contributed by atoms with Gasteiger partial charge in [-0.3, -0.25) is 0 Å². The Labute approximate surface area is 210 Å². The predicted molar refractivity (Wildman–Crippen MR) is 146 cm³/mol. The first-order valence-electron chi connectivity index (χ1n) is 12.4. The molecule has 0 spiro atoms. The Hall–Kier alpha value is -2.89. The van der Waals surface area contributed by atoms with Crippen LogP contribution in [0.25, 0.3) is 22.5 Å². The molecule has 0 aliphatic carbocycles. The van der Waals surface area contributed by atoms with E-state index in [4.69, 9.17) is 4.12 Å². The van der Waals surface area contributed by atoms with Gasteiger partial charge in [-0.25, -0.2) is 9.36 Å². The first-order chi connectivity index (χ1) is 16.8. The summed E-state index contributed by atoms with van der Waals surface area (Å²) in [7, 11) is -4.53. The third-order valence-corrected chi connectivity index (χ3v) is 15.5. The Bertz CT molecular complexity index is 1130. The molecule has 35 heavy (non-hydrogen) atoms. The summed E-state index contributed by atoms with van der Waals surface area (Å²) < 4.78 is 11.5. The van der Waals surface area contributed by atoms with Crippen LogP contribution in [-0.4, -0.2) is 46.6 Å². The highest BCUT2D eigenvalue weighted by molar-refractivity contribution is 6.85. The maximum atomic E-state index is 7.26. The van der Waals surface area contributed by atoms with Gasteiger partial charge in [0.2, 0.25) is 0 Å². The molecule has 0 aliphatic rings. The van der Waals surface area contributed by atoms with Crippen molar-refractivity contribution in [1.29, 1.82) is 0 Å². The molecule has 184 valence electrons. The molecule has 2 aromatic heterocycles. The number of hydrogen-bond donors (Lipinski definition) is 0. The van der Waals surface area contributed by atoms with Crippen molar-refractivity contribution < 1.29 is 4.12 Å². The molecule has 2 heterocycles. The van der Waals surface area contributed by atoms with Gasteiger partial charge in [0.05, 0.1) is 35.1 Å². The van der Waals surface area contributed by atoms with E-state index in [-0.39, 0.29) is 11.3 Å². The first-order valence-corrected chi connectivity index (χ1v) is 18.4. The molecule has 2 unspecified atom stereocenters. The molecule has 0 saturated heterocycles. The minimum atomic E-state index is -2.26. The van der Waals surface area contributed by atoms with Crippen molar-refractivity contribution in [1.82, 2.24) is 30.0 Å². The van der Waals surface area contributed by atoms with Crippen LogP contribution in [-0.2, 0) is 4.12 Å². The molecule has 2 atom stereocenters. The van der Waals surface area contributed by atoms with Crippen LogP contribution in [0.15, 0.2) is 73.1 Å². The van der Waals surface area contributed by atoms with Crippen molar-refractivity contribution in [3.63, 3.8) is 0 Å². The van der Waals surface area contributed by atoms with Crippen molar-refractivity contribution in [2.24, 2.45) is 0 Å². The molecule has 0 bridgehead atoms. The van der Waals surface area contributed by atoms with E-state index in [1.165, 1.54) is 0 Å².